The van der Waals surface area contributed by atoms with E-state index in [1.807, 2.05) is 12.5 Å². The van der Waals surface area contributed by atoms with E-state index in [9.17, 15) is 4.79 Å². The van der Waals surface area contributed by atoms with Crippen molar-refractivity contribution in [3.05, 3.63) is 110 Å². The molecule has 48 heavy (non-hydrogen) atoms. The number of ether oxygens (including phenoxy) is 1. The monoisotopic (exact) mass is 732 g/mol. The molecule has 6 heteroatoms. The third kappa shape index (κ3) is 10.9. The topological polar surface area (TPSA) is 44.1 Å². The van der Waals surface area contributed by atoms with E-state index in [4.69, 9.17) is 4.74 Å². The molecule has 0 radical (unpaired) electrons. The Balaban J connectivity index is 1.23. The number of benzene rings is 3. The van der Waals surface area contributed by atoms with Gasteiger partial charge in [0.1, 0.15) is 0 Å². The van der Waals surface area contributed by atoms with E-state index in [1.54, 1.807) is 0 Å². The summed E-state index contributed by atoms with van der Waals surface area (Å²) >= 11 is 4.49. The van der Waals surface area contributed by atoms with Crippen LogP contribution in [0.1, 0.15) is 116 Å². The summed E-state index contributed by atoms with van der Waals surface area (Å²) in [4.78, 5) is 17.2. The van der Waals surface area contributed by atoms with E-state index >= 15 is 0 Å². The van der Waals surface area contributed by atoms with Gasteiger partial charge in [0.2, 0.25) is 0 Å². The Kier molecular flexibility index (Phi) is 16.4. The fourth-order valence-electron chi connectivity index (χ4n) is 7.12. The molecule has 1 unspecified atom stereocenters. The van der Waals surface area contributed by atoms with Crippen molar-refractivity contribution >= 4 is 42.7 Å². The molecule has 0 spiro atoms. The van der Waals surface area contributed by atoms with Crippen LogP contribution in [0.2, 0.25) is 0 Å². The van der Waals surface area contributed by atoms with Crippen LogP contribution in [0.25, 0.3) is 0 Å². The number of unbranched alkanes of at least 4 members (excludes halogenated alkanes) is 10. The zero-order chi connectivity index (χ0) is 33.8. The summed E-state index contributed by atoms with van der Waals surface area (Å²) in [5.74, 6) is -0.0853. The Bertz CT molecular complexity index is 1320. The molecule has 1 atom stereocenters. The minimum Gasteiger partial charge on any atom is -0.245 e. The van der Waals surface area contributed by atoms with Gasteiger partial charge >= 0.3 is 224 Å². The van der Waals surface area contributed by atoms with Crippen molar-refractivity contribution in [1.29, 1.82) is 0 Å². The van der Waals surface area contributed by atoms with Gasteiger partial charge in [-0.25, -0.2) is 4.98 Å². The van der Waals surface area contributed by atoms with Gasteiger partial charge in [-0.3, -0.25) is 0 Å². The van der Waals surface area contributed by atoms with E-state index < -0.39 is 5.31 Å². The van der Waals surface area contributed by atoms with Crippen molar-refractivity contribution in [1.82, 2.24) is 9.55 Å². The summed E-state index contributed by atoms with van der Waals surface area (Å²) in [6.07, 6.45) is 25.7. The van der Waals surface area contributed by atoms with Gasteiger partial charge in [0.15, 0.2) is 0 Å². The van der Waals surface area contributed by atoms with Crippen LogP contribution in [0, 0.1) is 0 Å². The van der Waals surface area contributed by atoms with Crippen molar-refractivity contribution in [3.63, 3.8) is 0 Å². The number of imidazole rings is 1. The van der Waals surface area contributed by atoms with E-state index in [0.717, 1.165) is 31.8 Å². The van der Waals surface area contributed by atoms with Crippen molar-refractivity contribution in [2.24, 2.45) is 0 Å². The van der Waals surface area contributed by atoms with Gasteiger partial charge in [0, 0.05) is 6.20 Å². The van der Waals surface area contributed by atoms with Crippen LogP contribution in [0.5, 0.6) is 0 Å². The molecule has 3 aromatic carbocycles. The fourth-order valence-corrected chi connectivity index (χ4v) is 14.8. The molecule has 0 saturated heterocycles. The molecule has 260 valence electrons. The average Bonchev–Trinajstić information content (AvgIpc) is 3.68. The van der Waals surface area contributed by atoms with E-state index in [2.05, 4.69) is 129 Å². The number of hydrogen-bond acceptors (Lipinski definition) is 3. The third-order valence-corrected chi connectivity index (χ3v) is 19.9. The molecule has 4 rings (SSSR count). The van der Waals surface area contributed by atoms with Gasteiger partial charge in [-0.15, -0.1) is 0 Å². The van der Waals surface area contributed by atoms with Crippen LogP contribution in [0.3, 0.4) is 0 Å². The summed E-state index contributed by atoms with van der Waals surface area (Å²) in [5, 5.41) is 0.871. The van der Waals surface area contributed by atoms with Gasteiger partial charge in [0.05, 0.1) is 0 Å². The van der Waals surface area contributed by atoms with Gasteiger partial charge in [-0.2, -0.15) is 0 Å². The zero-order valence-electron chi connectivity index (χ0n) is 29.2. The van der Waals surface area contributed by atoms with Crippen LogP contribution in [-0.2, 0) is 9.53 Å². The molecule has 0 N–H and O–H groups in total. The second-order valence-corrected chi connectivity index (χ2v) is 22.4. The third-order valence-electron chi connectivity index (χ3n) is 9.87. The molecule has 0 aliphatic heterocycles. The average molecular weight is 734 g/mol. The summed E-state index contributed by atoms with van der Waals surface area (Å²) in [7, 11) is 0. The first-order valence-electron chi connectivity index (χ1n) is 18.6. The Morgan fingerprint density at radius 3 is 1.65 bits per heavy atom. The van der Waals surface area contributed by atoms with Gasteiger partial charge < -0.3 is 0 Å². The second kappa shape index (κ2) is 20.7. The first kappa shape index (κ1) is 38.1. The Morgan fingerprint density at radius 2 is 1.17 bits per heavy atom. The smallest absolute Gasteiger partial charge is 0.245 e. The van der Waals surface area contributed by atoms with Crippen LogP contribution in [0.4, 0.5) is 0 Å². The maximum absolute atomic E-state index is 12.9. The number of hydrogen-bond donors (Lipinski definition) is 0. The summed E-state index contributed by atoms with van der Waals surface area (Å²) < 4.78 is 8.12. The van der Waals surface area contributed by atoms with E-state index in [1.165, 1.54) is 86.5 Å². The van der Waals surface area contributed by atoms with Crippen molar-refractivity contribution in [2.45, 2.75) is 116 Å². The number of halogens is 1. The van der Waals surface area contributed by atoms with Gasteiger partial charge in [0.25, 0.3) is 0 Å². The molecule has 0 saturated carbocycles. The second-order valence-electron chi connectivity index (χ2n) is 13.4. The number of carbonyl (C=O) groups excluding carboxylic acids is 1. The summed E-state index contributed by atoms with van der Waals surface area (Å²) in [5.41, 5.74) is 0. The van der Waals surface area contributed by atoms with Crippen LogP contribution in [0.15, 0.2) is 110 Å². The molecular formula is C42H58BrN2O2P. The van der Waals surface area contributed by atoms with Gasteiger partial charge in [-0.1, -0.05) is 64.7 Å². The number of rotatable bonds is 24. The normalized spacial score (nSPS) is 13.1. The molecule has 1 heterocycles. The van der Waals surface area contributed by atoms with E-state index in [0.29, 0.717) is 19.1 Å². The molecular weight excluding hydrogens is 675 g/mol. The Hall–Kier alpha value is -2.75. The number of carbonyl (C=O) groups is 1. The first-order chi connectivity index (χ1) is 23.6. The van der Waals surface area contributed by atoms with Crippen LogP contribution >= 0.6 is 20.8 Å². The van der Waals surface area contributed by atoms with Crippen LogP contribution < -0.4 is 15.9 Å². The van der Waals surface area contributed by atoms with Crippen molar-refractivity contribution in [3.8, 4) is 0 Å². The van der Waals surface area contributed by atoms with Gasteiger partial charge in [-0.05, 0) is 0 Å². The molecule has 0 bridgehead atoms. The Labute approximate surface area is 298 Å². The number of nitrogens with zero attached hydrogens (tertiary/aromatic N) is 2. The number of aromatic nitrogens is 2. The molecule has 4 aromatic rings. The van der Waals surface area contributed by atoms with Crippen molar-refractivity contribution < 1.29 is 9.53 Å². The molecule has 4 nitrogen and oxygen atoms in total. The SMILES string of the molecule is CCCCCCCCCCCCC(CCCCC(=O)OCCCP(Br)(c1ccccc1)(c1ccccc1)c1ccccc1)n1ccnc1. The summed E-state index contributed by atoms with van der Waals surface area (Å²) in [6.45, 7) is 2.70. The zero-order valence-corrected chi connectivity index (χ0v) is 31.7. The minimum atomic E-state index is -3.00. The van der Waals surface area contributed by atoms with E-state index in [-0.39, 0.29) is 5.97 Å². The van der Waals surface area contributed by atoms with Crippen molar-refractivity contribution in [2.75, 3.05) is 12.8 Å². The molecule has 0 fully saturated rings. The molecule has 0 amide bonds. The quantitative estimate of drug-likeness (QED) is 0.0409. The summed E-state index contributed by atoms with van der Waals surface area (Å²) in [6, 6.07) is 32.9. The standard InChI is InChI=1S/C42H58BrN2O2P/c1-2-3-4-5-6-7-8-9-10-14-24-38(45-34-33-44-37-45)25-21-22-32-42(46)47-35-23-36-48(43,39-26-15-11-16-27-39,40-28-17-12-18-29-40)41-30-19-13-20-31-41/h11-13,15-20,26-31,33-34,37-38H,2-10,14,21-25,32,35-36H2,1H3. The van der Waals surface area contributed by atoms with Crippen LogP contribution in [-0.4, -0.2) is 28.3 Å². The first-order valence-corrected chi connectivity index (χ1v) is 23.0. The number of esters is 1. The fraction of sp³-hybridized carbons (Fsp3) is 0.476. The predicted molar refractivity (Wildman–Crippen MR) is 211 cm³/mol. The molecule has 0 aliphatic rings. The molecule has 1 aromatic heterocycles. The predicted octanol–water partition coefficient (Wildman–Crippen LogP) is 11.1. The Morgan fingerprint density at radius 1 is 0.688 bits per heavy atom. The minimum absolute atomic E-state index is 0.0853. The molecule has 0 aliphatic carbocycles. The maximum atomic E-state index is 12.9.